The van der Waals surface area contributed by atoms with E-state index >= 15 is 0 Å². The van der Waals surface area contributed by atoms with Crippen LogP contribution in [0.2, 0.25) is 0 Å². The third-order valence-corrected chi connectivity index (χ3v) is 13.5. The average Bonchev–Trinajstić information content (AvgIpc) is 3.82. The molecule has 0 spiro atoms. The fourth-order valence-corrected chi connectivity index (χ4v) is 9.88. The van der Waals surface area contributed by atoms with Crippen molar-refractivity contribution in [2.24, 2.45) is 5.92 Å². The number of ether oxygens (including phenoxy) is 1. The number of allylic oxidation sites excluding steroid dienone is 15. The SMILES string of the molecule is O=C1C(c2ccc(S)cc2)=C(c2ccccc2)C(c2ccc(Oc3ccc(C4=C(c5ccc(S)cc5)C(=O)C(C5C=CC(S)=CC5)=C4C4=CC=CCC4)cc3)cc2)=C1c1ccc(S)cc1. The summed E-state index contributed by atoms with van der Waals surface area (Å²) in [5, 5.41) is 0. The zero-order valence-electron chi connectivity index (χ0n) is 35.1. The molecule has 7 heteroatoms. The van der Waals surface area contributed by atoms with Crippen molar-refractivity contribution in [3.8, 4) is 11.5 Å². The minimum absolute atomic E-state index is 0.0424. The molecule has 3 nitrogen and oxygen atoms in total. The second-order valence-corrected chi connectivity index (χ2v) is 18.4. The summed E-state index contributed by atoms with van der Waals surface area (Å²) in [5.74, 6) is 1.24. The lowest BCUT2D eigenvalue weighted by atomic mass is 9.82. The van der Waals surface area contributed by atoms with E-state index in [9.17, 15) is 9.59 Å². The number of hydrogen-bond acceptors (Lipinski definition) is 7. The quantitative estimate of drug-likeness (QED) is 0.104. The molecule has 4 aliphatic carbocycles. The monoisotopic (exact) mass is 914 g/mol. The number of benzene rings is 6. The smallest absolute Gasteiger partial charge is 0.195 e. The Bertz CT molecular complexity index is 3140. The maximum absolute atomic E-state index is 14.9. The van der Waals surface area contributed by atoms with Crippen LogP contribution in [-0.2, 0) is 9.59 Å². The lowest BCUT2D eigenvalue weighted by molar-refractivity contribution is -0.111. The minimum atomic E-state index is -0.0734. The Morgan fingerprint density at radius 2 is 0.892 bits per heavy atom. The largest absolute Gasteiger partial charge is 0.457 e. The zero-order valence-corrected chi connectivity index (χ0v) is 38.7. The van der Waals surface area contributed by atoms with E-state index in [2.05, 4.69) is 105 Å². The third kappa shape index (κ3) is 8.46. The van der Waals surface area contributed by atoms with E-state index in [4.69, 9.17) is 4.74 Å². The van der Waals surface area contributed by atoms with Gasteiger partial charge in [-0.25, -0.2) is 0 Å². The van der Waals surface area contributed by atoms with Gasteiger partial charge < -0.3 is 4.74 Å². The fourth-order valence-electron chi connectivity index (χ4n) is 9.24. The first-order valence-corrected chi connectivity index (χ1v) is 23.3. The van der Waals surface area contributed by atoms with Gasteiger partial charge in [-0.15, -0.1) is 50.5 Å². The molecular weight excluding hydrogens is 873 g/mol. The van der Waals surface area contributed by atoms with Crippen LogP contribution in [0.3, 0.4) is 0 Å². The highest BCUT2D eigenvalue weighted by molar-refractivity contribution is 7.84. The van der Waals surface area contributed by atoms with Crippen LogP contribution in [0.25, 0.3) is 33.4 Å². The van der Waals surface area contributed by atoms with E-state index in [-0.39, 0.29) is 17.5 Å². The van der Waals surface area contributed by atoms with Crippen LogP contribution in [0.4, 0.5) is 0 Å². The number of rotatable bonds is 10. The van der Waals surface area contributed by atoms with E-state index in [0.717, 1.165) is 99.3 Å². The second-order valence-electron chi connectivity index (χ2n) is 16.3. The molecule has 0 saturated heterocycles. The highest BCUT2D eigenvalue weighted by atomic mass is 32.1. The van der Waals surface area contributed by atoms with Crippen molar-refractivity contribution >= 4 is 95.5 Å². The van der Waals surface area contributed by atoms with Crippen molar-refractivity contribution < 1.29 is 14.3 Å². The number of ketones is 2. The van der Waals surface area contributed by atoms with Gasteiger partial charge in [0.25, 0.3) is 0 Å². The van der Waals surface area contributed by atoms with Crippen molar-refractivity contribution in [2.45, 2.75) is 33.9 Å². The number of hydrogen-bond donors (Lipinski definition) is 4. The Morgan fingerprint density at radius 1 is 0.462 bits per heavy atom. The molecule has 1 atom stereocenters. The summed E-state index contributed by atoms with van der Waals surface area (Å²) in [4.78, 5) is 33.1. The average molecular weight is 915 g/mol. The highest BCUT2D eigenvalue weighted by Gasteiger charge is 2.39. The number of carbonyl (C=O) groups is 2. The molecule has 4 aliphatic rings. The van der Waals surface area contributed by atoms with Crippen LogP contribution in [0.5, 0.6) is 11.5 Å². The summed E-state index contributed by atoms with van der Waals surface area (Å²) in [7, 11) is 0. The van der Waals surface area contributed by atoms with E-state index in [1.54, 1.807) is 0 Å². The molecule has 1 unspecified atom stereocenters. The Hall–Kier alpha value is -6.22. The van der Waals surface area contributed by atoms with Crippen molar-refractivity contribution in [1.82, 2.24) is 0 Å². The highest BCUT2D eigenvalue weighted by Crippen LogP contribution is 2.52. The van der Waals surface area contributed by atoms with Crippen LogP contribution in [-0.4, -0.2) is 11.6 Å². The first-order chi connectivity index (χ1) is 31.7. The lowest BCUT2D eigenvalue weighted by Crippen LogP contribution is -2.13. The van der Waals surface area contributed by atoms with E-state index < -0.39 is 0 Å². The molecule has 6 aromatic rings. The maximum Gasteiger partial charge on any atom is 0.195 e. The summed E-state index contributed by atoms with van der Waals surface area (Å²) in [6, 6.07) is 49.5. The van der Waals surface area contributed by atoms with Gasteiger partial charge in [-0.1, -0.05) is 127 Å². The number of Topliss-reactive ketones (excluding diaryl/α,β-unsaturated/α-hetero) is 2. The summed E-state index contributed by atoms with van der Waals surface area (Å²) >= 11 is 18.2. The van der Waals surface area contributed by atoms with Crippen molar-refractivity contribution in [3.05, 3.63) is 243 Å². The number of carbonyl (C=O) groups excluding carboxylic acids is 2. The predicted octanol–water partition coefficient (Wildman–Crippen LogP) is 14.9. The standard InChI is InChI=1S/C58H42O3S4/c59-57-53(39-15-27-45(62)28-16-39)49(35-7-3-1-4-8-35)51(55(57)41-19-31-47(64)32-20-41)37-11-23-43(24-12-37)61-44-25-13-38(14-26-44)52-50(36-9-5-2-6-10-36)54(40-17-29-46(63)30-18-40)58(60)56(52)42-21-33-48(65)34-22-42/h1-5,7-9,11-17,19-34,40,62-65H,6,10,18H2. The van der Waals surface area contributed by atoms with E-state index in [0.29, 0.717) is 34.6 Å². The summed E-state index contributed by atoms with van der Waals surface area (Å²) in [6.45, 7) is 0. The molecule has 0 aromatic heterocycles. The van der Waals surface area contributed by atoms with Gasteiger partial charge in [0, 0.05) is 59.6 Å². The van der Waals surface area contributed by atoms with Crippen molar-refractivity contribution in [3.63, 3.8) is 0 Å². The fraction of sp³-hybridized carbons (Fsp3) is 0.0690. The van der Waals surface area contributed by atoms with Crippen LogP contribution in [0.15, 0.2) is 224 Å². The molecule has 10 rings (SSSR count). The molecule has 0 aliphatic heterocycles. The molecule has 0 saturated carbocycles. The zero-order chi connectivity index (χ0) is 44.6. The molecular formula is C58H42O3S4. The van der Waals surface area contributed by atoms with Gasteiger partial charge >= 0.3 is 0 Å². The van der Waals surface area contributed by atoms with Crippen LogP contribution < -0.4 is 4.74 Å². The predicted molar refractivity (Wildman–Crippen MR) is 279 cm³/mol. The molecule has 6 aromatic carbocycles. The summed E-state index contributed by atoms with van der Waals surface area (Å²) in [5.41, 5.74) is 12.9. The first kappa shape index (κ1) is 42.7. The Morgan fingerprint density at radius 3 is 1.34 bits per heavy atom. The topological polar surface area (TPSA) is 43.4 Å². The molecule has 0 fully saturated rings. The summed E-state index contributed by atoms with van der Waals surface area (Å²) in [6.07, 6.45) is 15.1. The van der Waals surface area contributed by atoms with E-state index in [1.165, 1.54) is 0 Å². The lowest BCUT2D eigenvalue weighted by Gasteiger charge is -2.21. The van der Waals surface area contributed by atoms with E-state index in [1.807, 2.05) is 133 Å². The maximum atomic E-state index is 14.9. The van der Waals surface area contributed by atoms with Crippen LogP contribution in [0.1, 0.15) is 52.6 Å². The normalized spacial score (nSPS) is 17.4. The molecule has 0 heterocycles. The molecule has 0 radical (unpaired) electrons. The number of thiol groups is 4. The van der Waals surface area contributed by atoms with Gasteiger partial charge in [-0.2, -0.15) is 0 Å². The molecule has 0 amide bonds. The van der Waals surface area contributed by atoms with Crippen LogP contribution in [0, 0.1) is 5.92 Å². The van der Waals surface area contributed by atoms with Gasteiger partial charge in [0.2, 0.25) is 0 Å². The van der Waals surface area contributed by atoms with Crippen molar-refractivity contribution in [1.29, 1.82) is 0 Å². The Labute approximate surface area is 401 Å². The van der Waals surface area contributed by atoms with Crippen molar-refractivity contribution in [2.75, 3.05) is 0 Å². The molecule has 0 bridgehead atoms. The molecule has 316 valence electrons. The van der Waals surface area contributed by atoms with Gasteiger partial charge in [0.1, 0.15) is 11.5 Å². The molecule has 0 N–H and O–H groups in total. The second kappa shape index (κ2) is 18.3. The van der Waals surface area contributed by atoms with Crippen LogP contribution >= 0.6 is 50.5 Å². The Kier molecular flexibility index (Phi) is 12.1. The van der Waals surface area contributed by atoms with Gasteiger partial charge in [0.15, 0.2) is 11.6 Å². The Balaban J connectivity index is 1.03. The summed E-state index contributed by atoms with van der Waals surface area (Å²) < 4.78 is 6.53. The van der Waals surface area contributed by atoms with Gasteiger partial charge in [-0.3, -0.25) is 9.59 Å². The molecule has 65 heavy (non-hydrogen) atoms. The third-order valence-electron chi connectivity index (χ3n) is 12.3. The minimum Gasteiger partial charge on any atom is -0.457 e. The van der Waals surface area contributed by atoms with Gasteiger partial charge in [-0.05, 0) is 129 Å². The first-order valence-electron chi connectivity index (χ1n) is 21.5. The van der Waals surface area contributed by atoms with Gasteiger partial charge in [0.05, 0.1) is 0 Å².